The maximum absolute atomic E-state index is 12.1. The van der Waals surface area contributed by atoms with E-state index in [0.717, 1.165) is 16.9 Å². The van der Waals surface area contributed by atoms with Gasteiger partial charge in [-0.15, -0.1) is 5.10 Å². The number of rotatable bonds is 6. The minimum absolute atomic E-state index is 0.175. The summed E-state index contributed by atoms with van der Waals surface area (Å²) in [7, 11) is 1.60. The molecule has 3 aromatic rings. The Labute approximate surface area is 150 Å². The minimum Gasteiger partial charge on any atom is -0.497 e. The summed E-state index contributed by atoms with van der Waals surface area (Å²) < 4.78 is 6.74. The second kappa shape index (κ2) is 7.81. The molecule has 3 rings (SSSR count). The molecule has 1 amide bonds. The van der Waals surface area contributed by atoms with E-state index in [0.29, 0.717) is 11.6 Å². The molecule has 0 saturated heterocycles. The quantitative estimate of drug-likeness (QED) is 0.736. The molecular weight excluding hydrogens is 340 g/mol. The molecule has 25 heavy (non-hydrogen) atoms. The normalized spacial score (nSPS) is 10.5. The third-order valence-electron chi connectivity index (χ3n) is 3.55. The molecule has 0 atom stereocenters. The van der Waals surface area contributed by atoms with E-state index >= 15 is 0 Å². The lowest BCUT2D eigenvalue weighted by molar-refractivity contribution is -0.115. The zero-order valence-corrected chi connectivity index (χ0v) is 14.4. The smallest absolute Gasteiger partial charge is 0.248 e. The Kier molecular flexibility index (Phi) is 5.30. The highest BCUT2D eigenvalue weighted by Crippen LogP contribution is 2.13. The van der Waals surface area contributed by atoms with Crippen LogP contribution in [-0.2, 0) is 17.8 Å². The molecule has 1 heterocycles. The van der Waals surface area contributed by atoms with E-state index < -0.39 is 0 Å². The van der Waals surface area contributed by atoms with E-state index in [9.17, 15) is 4.79 Å². The van der Waals surface area contributed by atoms with Gasteiger partial charge in [0.15, 0.2) is 0 Å². The summed E-state index contributed by atoms with van der Waals surface area (Å²) in [6.45, 7) is 0.530. The van der Waals surface area contributed by atoms with Crippen LogP contribution in [0.1, 0.15) is 11.1 Å². The number of carbonyl (C=O) groups excluding carboxylic acids is 1. The lowest BCUT2D eigenvalue weighted by Gasteiger charge is -2.04. The van der Waals surface area contributed by atoms with Crippen molar-refractivity contribution in [2.45, 2.75) is 13.0 Å². The third kappa shape index (κ3) is 4.81. The van der Waals surface area contributed by atoms with Crippen LogP contribution in [0.15, 0.2) is 54.9 Å². The summed E-state index contributed by atoms with van der Waals surface area (Å²) in [5.41, 5.74) is 1.89. The number of ether oxygens (including phenoxy) is 1. The Morgan fingerprint density at radius 1 is 1.20 bits per heavy atom. The molecule has 1 aromatic heterocycles. The molecule has 2 aromatic carbocycles. The van der Waals surface area contributed by atoms with Crippen molar-refractivity contribution in [3.05, 3.63) is 71.0 Å². The summed E-state index contributed by atoms with van der Waals surface area (Å²) in [6, 6.07) is 14.9. The van der Waals surface area contributed by atoms with E-state index in [1.165, 1.54) is 0 Å². The highest BCUT2D eigenvalue weighted by molar-refractivity contribution is 6.30. The van der Waals surface area contributed by atoms with Gasteiger partial charge in [-0.1, -0.05) is 35.9 Å². The zero-order valence-electron chi connectivity index (χ0n) is 13.6. The van der Waals surface area contributed by atoms with E-state index in [2.05, 4.69) is 15.4 Å². The van der Waals surface area contributed by atoms with Gasteiger partial charge >= 0.3 is 0 Å². The van der Waals surface area contributed by atoms with Gasteiger partial charge in [-0.2, -0.15) is 0 Å². The SMILES string of the molecule is COc1ccc(CC(=O)Nc2ncn(Cc3cccc(Cl)c3)n2)cc1. The maximum Gasteiger partial charge on any atom is 0.248 e. The van der Waals surface area contributed by atoms with Crippen molar-refractivity contribution in [2.24, 2.45) is 0 Å². The fraction of sp³-hybridized carbons (Fsp3) is 0.167. The Morgan fingerprint density at radius 3 is 2.72 bits per heavy atom. The average molecular weight is 357 g/mol. The summed E-state index contributed by atoms with van der Waals surface area (Å²) in [6.07, 6.45) is 1.82. The summed E-state index contributed by atoms with van der Waals surface area (Å²) in [5, 5.41) is 7.62. The molecule has 0 saturated carbocycles. The van der Waals surface area contributed by atoms with Crippen LogP contribution >= 0.6 is 11.6 Å². The molecule has 0 aliphatic carbocycles. The zero-order chi connectivity index (χ0) is 17.6. The molecular formula is C18H17ClN4O2. The van der Waals surface area contributed by atoms with Crippen molar-refractivity contribution < 1.29 is 9.53 Å². The lowest BCUT2D eigenvalue weighted by atomic mass is 10.1. The summed E-state index contributed by atoms with van der Waals surface area (Å²) in [4.78, 5) is 16.2. The van der Waals surface area contributed by atoms with Crippen molar-refractivity contribution in [1.29, 1.82) is 0 Å². The van der Waals surface area contributed by atoms with Crippen LogP contribution in [0.5, 0.6) is 5.75 Å². The van der Waals surface area contributed by atoms with Crippen LogP contribution < -0.4 is 10.1 Å². The predicted molar refractivity (Wildman–Crippen MR) is 95.9 cm³/mol. The van der Waals surface area contributed by atoms with Gasteiger partial charge in [-0.05, 0) is 35.4 Å². The first-order chi connectivity index (χ1) is 12.1. The van der Waals surface area contributed by atoms with Crippen molar-refractivity contribution in [3.8, 4) is 5.75 Å². The van der Waals surface area contributed by atoms with Gasteiger partial charge < -0.3 is 4.74 Å². The monoisotopic (exact) mass is 356 g/mol. The lowest BCUT2D eigenvalue weighted by Crippen LogP contribution is -2.15. The molecule has 0 aliphatic heterocycles. The van der Waals surface area contributed by atoms with Gasteiger partial charge in [0.2, 0.25) is 11.9 Å². The number of aromatic nitrogens is 3. The van der Waals surface area contributed by atoms with Crippen LogP contribution in [0.25, 0.3) is 0 Å². The Hall–Kier alpha value is -2.86. The van der Waals surface area contributed by atoms with Crippen LogP contribution in [-0.4, -0.2) is 27.8 Å². The molecule has 0 unspecified atom stereocenters. The molecule has 0 fully saturated rings. The van der Waals surface area contributed by atoms with Crippen LogP contribution in [0.4, 0.5) is 5.95 Å². The number of hydrogen-bond acceptors (Lipinski definition) is 4. The molecule has 0 aliphatic rings. The Morgan fingerprint density at radius 2 is 2.00 bits per heavy atom. The van der Waals surface area contributed by atoms with Gasteiger partial charge in [0.1, 0.15) is 12.1 Å². The fourth-order valence-corrected chi connectivity index (χ4v) is 2.56. The molecule has 0 radical (unpaired) electrons. The highest BCUT2D eigenvalue weighted by atomic mass is 35.5. The first kappa shape index (κ1) is 17.0. The fourth-order valence-electron chi connectivity index (χ4n) is 2.35. The van der Waals surface area contributed by atoms with E-state index in [4.69, 9.17) is 16.3 Å². The highest BCUT2D eigenvalue weighted by Gasteiger charge is 2.08. The van der Waals surface area contributed by atoms with Crippen LogP contribution in [0, 0.1) is 0 Å². The number of carbonyl (C=O) groups is 1. The standard InChI is InChI=1S/C18H17ClN4O2/c1-25-16-7-5-13(6-8-16)10-17(24)21-18-20-12-23(22-18)11-14-3-2-4-15(19)9-14/h2-9,12H,10-11H2,1H3,(H,21,22,24). The van der Waals surface area contributed by atoms with E-state index in [1.807, 2.05) is 48.5 Å². The van der Waals surface area contributed by atoms with Crippen molar-refractivity contribution in [2.75, 3.05) is 12.4 Å². The number of hydrogen-bond donors (Lipinski definition) is 1. The Bertz CT molecular complexity index is 862. The number of nitrogens with zero attached hydrogens (tertiary/aromatic N) is 3. The summed E-state index contributed by atoms with van der Waals surface area (Å²) >= 11 is 5.97. The second-order valence-electron chi connectivity index (χ2n) is 5.47. The minimum atomic E-state index is -0.175. The predicted octanol–water partition coefficient (Wildman–Crippen LogP) is 3.17. The van der Waals surface area contributed by atoms with Crippen LogP contribution in [0.3, 0.4) is 0 Å². The number of methoxy groups -OCH3 is 1. The topological polar surface area (TPSA) is 69.0 Å². The van der Waals surface area contributed by atoms with Crippen LogP contribution in [0.2, 0.25) is 5.02 Å². The first-order valence-corrected chi connectivity index (χ1v) is 8.07. The Balaban J connectivity index is 1.57. The molecule has 0 spiro atoms. The third-order valence-corrected chi connectivity index (χ3v) is 3.78. The number of halogens is 1. The number of nitrogens with one attached hydrogen (secondary N) is 1. The maximum atomic E-state index is 12.1. The molecule has 7 heteroatoms. The van der Waals surface area contributed by atoms with Gasteiger partial charge in [0, 0.05) is 5.02 Å². The molecule has 128 valence electrons. The largest absolute Gasteiger partial charge is 0.497 e. The molecule has 0 bridgehead atoms. The van der Waals surface area contributed by atoms with Gasteiger partial charge in [0.05, 0.1) is 20.1 Å². The number of amides is 1. The van der Waals surface area contributed by atoms with E-state index in [-0.39, 0.29) is 18.3 Å². The van der Waals surface area contributed by atoms with Gasteiger partial charge in [-0.3, -0.25) is 10.1 Å². The van der Waals surface area contributed by atoms with Crippen molar-refractivity contribution in [1.82, 2.24) is 14.8 Å². The number of anilines is 1. The number of benzene rings is 2. The van der Waals surface area contributed by atoms with Crippen molar-refractivity contribution in [3.63, 3.8) is 0 Å². The first-order valence-electron chi connectivity index (χ1n) is 7.69. The van der Waals surface area contributed by atoms with Gasteiger partial charge in [0.25, 0.3) is 0 Å². The molecule has 6 nitrogen and oxygen atoms in total. The average Bonchev–Trinajstić information content (AvgIpc) is 3.02. The van der Waals surface area contributed by atoms with E-state index in [1.54, 1.807) is 18.1 Å². The molecule has 1 N–H and O–H groups in total. The van der Waals surface area contributed by atoms with Gasteiger partial charge in [-0.25, -0.2) is 9.67 Å². The van der Waals surface area contributed by atoms with Crippen molar-refractivity contribution >= 4 is 23.5 Å². The second-order valence-corrected chi connectivity index (χ2v) is 5.91. The summed E-state index contributed by atoms with van der Waals surface area (Å²) in [5.74, 6) is 0.858.